The summed E-state index contributed by atoms with van der Waals surface area (Å²) in [4.78, 5) is 18.8. The highest BCUT2D eigenvalue weighted by atomic mass is 35.5. The van der Waals surface area contributed by atoms with E-state index in [-0.39, 0.29) is 22.9 Å². The van der Waals surface area contributed by atoms with Crippen LogP contribution in [-0.2, 0) is 14.3 Å². The third kappa shape index (κ3) is 6.26. The predicted octanol–water partition coefficient (Wildman–Crippen LogP) is 5.16. The number of carbonyl (C=O) groups excluding carboxylic acids is 1. The van der Waals surface area contributed by atoms with E-state index in [4.69, 9.17) is 31.6 Å². The third-order valence-corrected chi connectivity index (χ3v) is 10.7. The van der Waals surface area contributed by atoms with Crippen molar-refractivity contribution >= 4 is 35.2 Å². The summed E-state index contributed by atoms with van der Waals surface area (Å²) in [6, 6.07) is 2.29. The minimum absolute atomic E-state index is 0.0198. The second-order valence-electron chi connectivity index (χ2n) is 13.4. The average Bonchev–Trinajstić information content (AvgIpc) is 3.33. The smallest absolute Gasteiger partial charge is 0.245 e. The van der Waals surface area contributed by atoms with Crippen LogP contribution in [0.25, 0.3) is 11.1 Å². The van der Waals surface area contributed by atoms with Crippen molar-refractivity contribution in [2.45, 2.75) is 58.5 Å². The van der Waals surface area contributed by atoms with E-state index in [0.29, 0.717) is 5.02 Å². The first-order valence-corrected chi connectivity index (χ1v) is 16.5. The number of carbonyl (C=O) groups is 1. The van der Waals surface area contributed by atoms with E-state index in [1.54, 1.807) is 0 Å². The van der Waals surface area contributed by atoms with Crippen molar-refractivity contribution in [2.75, 3.05) is 83.5 Å². The van der Waals surface area contributed by atoms with Gasteiger partial charge in [0.05, 0.1) is 43.0 Å². The number of ether oxygens (including phenoxy) is 2. The van der Waals surface area contributed by atoms with E-state index < -0.39 is 0 Å². The van der Waals surface area contributed by atoms with Gasteiger partial charge in [-0.25, -0.2) is 0 Å². The molecule has 1 aliphatic carbocycles. The number of likely N-dealkylation sites (N-methyl/N-ethyl adjacent to an activating group) is 1. The van der Waals surface area contributed by atoms with E-state index in [1.165, 1.54) is 12.3 Å². The van der Waals surface area contributed by atoms with E-state index >= 15 is 0 Å². The predicted molar refractivity (Wildman–Crippen MR) is 182 cm³/mol. The lowest BCUT2D eigenvalue weighted by atomic mass is 9.60. The quantitative estimate of drug-likeness (QED) is 0.319. The van der Waals surface area contributed by atoms with Crippen molar-refractivity contribution < 1.29 is 14.3 Å². The zero-order valence-electron chi connectivity index (χ0n) is 27.8. The van der Waals surface area contributed by atoms with Gasteiger partial charge in [-0.15, -0.1) is 0 Å². The highest BCUT2D eigenvalue weighted by molar-refractivity contribution is 6.35. The van der Waals surface area contributed by atoms with Gasteiger partial charge in [-0.05, 0) is 64.8 Å². The van der Waals surface area contributed by atoms with Crippen LogP contribution >= 0.6 is 11.6 Å². The molecule has 45 heavy (non-hydrogen) atoms. The van der Waals surface area contributed by atoms with Gasteiger partial charge < -0.3 is 34.9 Å². The van der Waals surface area contributed by atoms with Crippen LogP contribution in [-0.4, -0.2) is 110 Å². The maximum atomic E-state index is 12.0. The van der Waals surface area contributed by atoms with E-state index in [2.05, 4.69) is 54.2 Å². The lowest BCUT2D eigenvalue weighted by molar-refractivity contribution is -0.149. The number of aromatic nitrogens is 2. The number of nitrogens with one attached hydrogen (secondary N) is 2. The molecule has 10 nitrogen and oxygen atoms in total. The maximum Gasteiger partial charge on any atom is 0.245 e. The summed E-state index contributed by atoms with van der Waals surface area (Å²) >= 11 is 7.08. The summed E-state index contributed by atoms with van der Waals surface area (Å²) in [5.41, 5.74) is 5.74. The average molecular weight is 640 g/mol. The molecular weight excluding hydrogens is 590 g/mol. The summed E-state index contributed by atoms with van der Waals surface area (Å²) in [5.74, 6) is 0.979. The fourth-order valence-corrected chi connectivity index (χ4v) is 7.81. The molecule has 0 bridgehead atoms. The van der Waals surface area contributed by atoms with Gasteiger partial charge in [0, 0.05) is 79.5 Å². The first-order chi connectivity index (χ1) is 21.5. The zero-order valence-corrected chi connectivity index (χ0v) is 28.6. The molecule has 246 valence electrons. The number of nitrogens with zero attached hydrogens (tertiary/aromatic N) is 5. The molecule has 1 amide bonds. The molecule has 11 heteroatoms. The molecule has 2 aromatic rings. The number of hydrogen-bond acceptors (Lipinski definition) is 8. The number of anilines is 2. The van der Waals surface area contributed by atoms with Crippen LogP contribution < -0.4 is 10.2 Å². The molecule has 1 atom stereocenters. The van der Waals surface area contributed by atoms with Crippen molar-refractivity contribution in [1.82, 2.24) is 19.6 Å². The number of rotatable bonds is 7. The second kappa shape index (κ2) is 13.4. The monoisotopic (exact) mass is 639 g/mol. The Balaban J connectivity index is 0.000000598. The van der Waals surface area contributed by atoms with E-state index in [1.807, 2.05) is 24.9 Å². The van der Waals surface area contributed by atoms with Gasteiger partial charge >= 0.3 is 0 Å². The number of benzene rings is 1. The molecule has 1 saturated carbocycles. The molecule has 0 radical (unpaired) electrons. The fourth-order valence-electron chi connectivity index (χ4n) is 7.56. The summed E-state index contributed by atoms with van der Waals surface area (Å²) in [6.07, 6.45) is 5.82. The molecule has 4 fully saturated rings. The molecule has 3 saturated heterocycles. The normalized spacial score (nSPS) is 23.1. The molecule has 1 aromatic carbocycles. The van der Waals surface area contributed by atoms with Crippen molar-refractivity contribution in [1.29, 1.82) is 5.41 Å². The first-order valence-electron chi connectivity index (χ1n) is 16.1. The molecule has 3 aliphatic heterocycles. The number of halogens is 1. The van der Waals surface area contributed by atoms with Crippen LogP contribution in [0.15, 0.2) is 18.7 Å². The number of aryl methyl sites for hydroxylation is 1. The van der Waals surface area contributed by atoms with Crippen molar-refractivity contribution in [3.63, 3.8) is 0 Å². The van der Waals surface area contributed by atoms with Crippen LogP contribution in [0.2, 0.25) is 5.02 Å². The number of piperazine rings is 1. The van der Waals surface area contributed by atoms with Crippen molar-refractivity contribution in [3.8, 4) is 11.1 Å². The Labute approximate surface area is 273 Å². The Kier molecular flexibility index (Phi) is 9.99. The Morgan fingerprint density at radius 1 is 1.16 bits per heavy atom. The number of likely N-dealkylation sites (tertiary alicyclic amines) is 1. The van der Waals surface area contributed by atoms with E-state index in [9.17, 15) is 4.79 Å². The molecule has 1 spiro atoms. The largest absolute Gasteiger partial charge is 0.388 e. The third-order valence-electron chi connectivity index (χ3n) is 10.2. The molecule has 1 aromatic heterocycles. The summed E-state index contributed by atoms with van der Waals surface area (Å²) in [5, 5.41) is 17.7. The van der Waals surface area contributed by atoms with Gasteiger partial charge in [-0.1, -0.05) is 25.1 Å². The summed E-state index contributed by atoms with van der Waals surface area (Å²) in [7, 11) is 4.07. The fraction of sp³-hybridized carbons (Fsp3) is 0.618. The van der Waals surface area contributed by atoms with Gasteiger partial charge in [-0.3, -0.25) is 9.48 Å². The highest BCUT2D eigenvalue weighted by Crippen LogP contribution is 2.56. The molecule has 2 N–H and O–H groups in total. The van der Waals surface area contributed by atoms with Crippen molar-refractivity contribution in [2.24, 2.45) is 5.41 Å². The maximum absolute atomic E-state index is 12.0. The summed E-state index contributed by atoms with van der Waals surface area (Å²) in [6.45, 7) is 19.9. The van der Waals surface area contributed by atoms with E-state index in [0.717, 1.165) is 118 Å². The Morgan fingerprint density at radius 3 is 2.33 bits per heavy atom. The zero-order chi connectivity index (χ0) is 32.5. The Bertz CT molecular complexity index is 1410. The van der Waals surface area contributed by atoms with Crippen LogP contribution in [0.4, 0.5) is 11.5 Å². The second-order valence-corrected chi connectivity index (χ2v) is 13.8. The summed E-state index contributed by atoms with van der Waals surface area (Å²) < 4.78 is 12.1. The minimum atomic E-state index is -0.0826. The van der Waals surface area contributed by atoms with Gasteiger partial charge in [-0.2, -0.15) is 5.10 Å². The highest BCUT2D eigenvalue weighted by Gasteiger charge is 2.54. The van der Waals surface area contributed by atoms with Gasteiger partial charge in [0.2, 0.25) is 5.91 Å². The van der Waals surface area contributed by atoms with Crippen LogP contribution in [0.5, 0.6) is 0 Å². The molecule has 0 unspecified atom stereocenters. The van der Waals surface area contributed by atoms with Crippen LogP contribution in [0, 0.1) is 24.7 Å². The van der Waals surface area contributed by atoms with Crippen molar-refractivity contribution in [3.05, 3.63) is 40.6 Å². The number of hydrogen-bond donors (Lipinski definition) is 2. The lowest BCUT2D eigenvalue weighted by Gasteiger charge is -2.58. The molecular formula is C34H50ClN7O3. The topological polar surface area (TPSA) is 99.0 Å². The number of amides is 1. The lowest BCUT2D eigenvalue weighted by Crippen LogP contribution is -2.63. The Morgan fingerprint density at radius 2 is 1.80 bits per heavy atom. The molecule has 4 aliphatic rings. The molecule has 6 rings (SSSR count). The first kappa shape index (κ1) is 33.4. The SMILES string of the molecule is C1COCCO1.C=CC(=O)N1CC2(CC(n3nc(N4CCN(C)C[C@]4(C)CC)c(-c4c(Cl)c(C)cc(NC)c4C=N)c3C)C2)C1. The Hall–Kier alpha value is -2.92. The van der Waals surface area contributed by atoms with Gasteiger partial charge in [0.15, 0.2) is 5.82 Å². The van der Waals surface area contributed by atoms with Crippen LogP contribution in [0.1, 0.15) is 56.0 Å². The van der Waals surface area contributed by atoms with Gasteiger partial charge in [0.1, 0.15) is 0 Å². The minimum Gasteiger partial charge on any atom is -0.388 e. The standard InChI is InChI=1S/C30H42ClN7O.C4H8O2/c1-8-24(39)36-17-30(18-36)13-21(14-30)38-20(4)25(26-22(15-32)23(33-6)12-19(3)27(26)31)28(34-38)37-11-10-35(7)16-29(37,5)9-2;1-2-6-4-3-5-1/h8,12,15,21,32-33H,1,9-11,13-14,16-18H2,2-7H3;1-4H2/t29-;/m0./s1. The molecule has 4 heterocycles. The van der Waals surface area contributed by atoms with Gasteiger partial charge in [0.25, 0.3) is 0 Å². The van der Waals surface area contributed by atoms with Crippen LogP contribution in [0.3, 0.4) is 0 Å².